The molecule has 2 heterocycles. The summed E-state index contributed by atoms with van der Waals surface area (Å²) in [6.07, 6.45) is 3.93. The summed E-state index contributed by atoms with van der Waals surface area (Å²) in [5.74, 6) is 1.98. The molecule has 0 bridgehead atoms. The summed E-state index contributed by atoms with van der Waals surface area (Å²) >= 11 is 0. The first-order valence-corrected chi connectivity index (χ1v) is 6.61. The minimum Gasteiger partial charge on any atom is -0.381 e. The second-order valence-electron chi connectivity index (χ2n) is 5.21. The van der Waals surface area contributed by atoms with Crippen LogP contribution in [0.1, 0.15) is 43.1 Å². The highest BCUT2D eigenvalue weighted by molar-refractivity contribution is 5.76. The first-order valence-electron chi connectivity index (χ1n) is 6.61. The van der Waals surface area contributed by atoms with Crippen molar-refractivity contribution in [2.24, 2.45) is 5.92 Å². The van der Waals surface area contributed by atoms with Crippen molar-refractivity contribution in [3.05, 3.63) is 17.5 Å². The van der Waals surface area contributed by atoms with Crippen molar-refractivity contribution in [3.8, 4) is 0 Å². The fourth-order valence-corrected chi connectivity index (χ4v) is 2.24. The van der Waals surface area contributed by atoms with Crippen LogP contribution in [0, 0.1) is 5.92 Å². The van der Waals surface area contributed by atoms with Crippen LogP contribution in [-0.2, 0) is 16.1 Å². The molecule has 0 unspecified atom stereocenters. The summed E-state index contributed by atoms with van der Waals surface area (Å²) in [7, 11) is 0. The number of rotatable bonds is 5. The molecular weight excluding hydrogens is 232 g/mol. The molecule has 0 spiro atoms. The second-order valence-corrected chi connectivity index (χ2v) is 5.21. The SMILES string of the molecule is O=C(C[C@H]1CCOC1)NCc1cc(C2CC2)on1. The molecule has 0 radical (unpaired) electrons. The zero-order valence-electron chi connectivity index (χ0n) is 10.4. The van der Waals surface area contributed by atoms with Gasteiger partial charge in [0, 0.05) is 31.6 Å². The van der Waals surface area contributed by atoms with Crippen LogP contribution in [0.2, 0.25) is 0 Å². The van der Waals surface area contributed by atoms with E-state index in [2.05, 4.69) is 10.5 Å². The van der Waals surface area contributed by atoms with Gasteiger partial charge in [0.05, 0.1) is 6.54 Å². The van der Waals surface area contributed by atoms with Crippen molar-refractivity contribution in [1.82, 2.24) is 10.5 Å². The van der Waals surface area contributed by atoms with Gasteiger partial charge in [-0.25, -0.2) is 0 Å². The Hall–Kier alpha value is -1.36. The van der Waals surface area contributed by atoms with Crippen LogP contribution in [0.4, 0.5) is 0 Å². The molecule has 5 nitrogen and oxygen atoms in total. The lowest BCUT2D eigenvalue weighted by molar-refractivity contribution is -0.122. The van der Waals surface area contributed by atoms with E-state index < -0.39 is 0 Å². The van der Waals surface area contributed by atoms with Gasteiger partial charge in [-0.3, -0.25) is 4.79 Å². The lowest BCUT2D eigenvalue weighted by atomic mass is 10.1. The van der Waals surface area contributed by atoms with Crippen LogP contribution < -0.4 is 5.32 Å². The van der Waals surface area contributed by atoms with Gasteiger partial charge in [0.1, 0.15) is 11.5 Å². The average Bonchev–Trinajstić information content (AvgIpc) is 2.90. The third kappa shape index (κ3) is 2.90. The molecule has 1 aromatic heterocycles. The standard InChI is InChI=1S/C13H18N2O3/c16-13(5-9-3-4-17-8-9)14-7-11-6-12(18-15-11)10-1-2-10/h6,9-10H,1-5,7-8H2,(H,14,16)/t9-/m1/s1. The molecule has 1 amide bonds. The van der Waals surface area contributed by atoms with E-state index in [0.29, 0.717) is 31.4 Å². The van der Waals surface area contributed by atoms with Crippen LogP contribution in [0.3, 0.4) is 0 Å². The Morgan fingerprint density at radius 1 is 1.44 bits per heavy atom. The Morgan fingerprint density at radius 3 is 3.06 bits per heavy atom. The average molecular weight is 250 g/mol. The molecule has 1 N–H and O–H groups in total. The number of ether oxygens (including phenoxy) is 1. The number of nitrogens with zero attached hydrogens (tertiary/aromatic N) is 1. The van der Waals surface area contributed by atoms with Crippen LogP contribution in [0.5, 0.6) is 0 Å². The monoisotopic (exact) mass is 250 g/mol. The van der Waals surface area contributed by atoms with Gasteiger partial charge < -0.3 is 14.6 Å². The van der Waals surface area contributed by atoms with Gasteiger partial charge in [-0.2, -0.15) is 0 Å². The fourth-order valence-electron chi connectivity index (χ4n) is 2.24. The molecule has 0 aromatic carbocycles. The largest absolute Gasteiger partial charge is 0.381 e. The molecule has 98 valence electrons. The fraction of sp³-hybridized carbons (Fsp3) is 0.692. The quantitative estimate of drug-likeness (QED) is 0.862. The van der Waals surface area contributed by atoms with Crippen molar-refractivity contribution in [1.29, 1.82) is 0 Å². The van der Waals surface area contributed by atoms with Crippen LogP contribution in [-0.4, -0.2) is 24.3 Å². The van der Waals surface area contributed by atoms with E-state index in [1.54, 1.807) is 0 Å². The van der Waals surface area contributed by atoms with E-state index >= 15 is 0 Å². The number of nitrogens with one attached hydrogen (secondary N) is 1. The number of hydrogen-bond donors (Lipinski definition) is 1. The molecule has 1 aromatic rings. The van der Waals surface area contributed by atoms with Crippen LogP contribution in [0.15, 0.2) is 10.6 Å². The molecule has 5 heteroatoms. The van der Waals surface area contributed by atoms with Crippen molar-refractivity contribution in [2.45, 2.75) is 38.1 Å². The van der Waals surface area contributed by atoms with E-state index in [4.69, 9.17) is 9.26 Å². The van der Waals surface area contributed by atoms with Gasteiger partial charge >= 0.3 is 0 Å². The minimum atomic E-state index is 0.0708. The van der Waals surface area contributed by atoms with Crippen molar-refractivity contribution in [3.63, 3.8) is 0 Å². The predicted molar refractivity (Wildman–Crippen MR) is 63.9 cm³/mol. The van der Waals surface area contributed by atoms with E-state index in [1.165, 1.54) is 12.8 Å². The zero-order chi connectivity index (χ0) is 12.4. The third-order valence-corrected chi connectivity index (χ3v) is 3.52. The summed E-state index contributed by atoms with van der Waals surface area (Å²) in [6, 6.07) is 1.95. The summed E-state index contributed by atoms with van der Waals surface area (Å²) in [5, 5.41) is 6.85. The van der Waals surface area contributed by atoms with Crippen molar-refractivity contribution < 1.29 is 14.1 Å². The van der Waals surface area contributed by atoms with Crippen LogP contribution >= 0.6 is 0 Å². The van der Waals surface area contributed by atoms with Gasteiger partial charge in [-0.15, -0.1) is 0 Å². The normalized spacial score (nSPS) is 23.2. The Kier molecular flexibility index (Phi) is 3.32. The highest BCUT2D eigenvalue weighted by atomic mass is 16.5. The highest BCUT2D eigenvalue weighted by Crippen LogP contribution is 2.40. The number of carbonyl (C=O) groups is 1. The maximum absolute atomic E-state index is 11.7. The topological polar surface area (TPSA) is 64.4 Å². The molecule has 2 fully saturated rings. The molecule has 1 atom stereocenters. The molecule has 1 saturated heterocycles. The Labute approximate surface area is 106 Å². The van der Waals surface area contributed by atoms with Crippen LogP contribution in [0.25, 0.3) is 0 Å². The lowest BCUT2D eigenvalue weighted by Gasteiger charge is -2.06. The van der Waals surface area contributed by atoms with Gasteiger partial charge in [-0.05, 0) is 25.2 Å². The Morgan fingerprint density at radius 2 is 2.33 bits per heavy atom. The number of amides is 1. The maximum Gasteiger partial charge on any atom is 0.220 e. The molecule has 3 rings (SSSR count). The van der Waals surface area contributed by atoms with Gasteiger partial charge in [0.2, 0.25) is 5.91 Å². The van der Waals surface area contributed by atoms with Crippen molar-refractivity contribution >= 4 is 5.91 Å². The second kappa shape index (κ2) is 5.10. The van der Waals surface area contributed by atoms with Gasteiger partial charge in [-0.1, -0.05) is 5.16 Å². The number of carbonyl (C=O) groups excluding carboxylic acids is 1. The molecule has 1 saturated carbocycles. The summed E-state index contributed by atoms with van der Waals surface area (Å²) in [6.45, 7) is 1.96. The predicted octanol–water partition coefficient (Wildman–Crippen LogP) is 1.59. The zero-order valence-corrected chi connectivity index (χ0v) is 10.4. The van der Waals surface area contributed by atoms with E-state index in [0.717, 1.165) is 24.5 Å². The molecular formula is C13H18N2O3. The summed E-state index contributed by atoms with van der Waals surface area (Å²) in [5.41, 5.74) is 0.813. The minimum absolute atomic E-state index is 0.0708. The third-order valence-electron chi connectivity index (χ3n) is 3.52. The highest BCUT2D eigenvalue weighted by Gasteiger charge is 2.27. The first kappa shape index (κ1) is 11.7. The molecule has 1 aliphatic carbocycles. The number of hydrogen-bond acceptors (Lipinski definition) is 4. The molecule has 2 aliphatic rings. The molecule has 1 aliphatic heterocycles. The van der Waals surface area contributed by atoms with E-state index in [1.807, 2.05) is 6.07 Å². The summed E-state index contributed by atoms with van der Waals surface area (Å²) < 4.78 is 10.5. The Bertz CT molecular complexity index is 420. The summed E-state index contributed by atoms with van der Waals surface area (Å²) in [4.78, 5) is 11.7. The maximum atomic E-state index is 11.7. The lowest BCUT2D eigenvalue weighted by Crippen LogP contribution is -2.25. The smallest absolute Gasteiger partial charge is 0.220 e. The Balaban J connectivity index is 1.43. The van der Waals surface area contributed by atoms with Gasteiger partial charge in [0.25, 0.3) is 0 Å². The van der Waals surface area contributed by atoms with E-state index in [9.17, 15) is 4.79 Å². The van der Waals surface area contributed by atoms with E-state index in [-0.39, 0.29) is 5.91 Å². The first-order chi connectivity index (χ1) is 8.81. The molecule has 18 heavy (non-hydrogen) atoms. The van der Waals surface area contributed by atoms with Gasteiger partial charge in [0.15, 0.2) is 0 Å². The number of aromatic nitrogens is 1. The van der Waals surface area contributed by atoms with Crippen molar-refractivity contribution in [2.75, 3.05) is 13.2 Å².